The first kappa shape index (κ1) is 14.6. The molecular weight excluding hydrogens is 258 g/mol. The lowest BCUT2D eigenvalue weighted by Gasteiger charge is -2.21. The number of nitrogens with one attached hydrogen (secondary N) is 1. The predicted octanol–water partition coefficient (Wildman–Crippen LogP) is 2.78. The number of aromatic nitrogens is 1. The number of carbonyl (C=O) groups excluding carboxylic acids is 1. The molecule has 0 aromatic carbocycles. The van der Waals surface area contributed by atoms with Gasteiger partial charge in [0.15, 0.2) is 0 Å². The van der Waals surface area contributed by atoms with Gasteiger partial charge in [0, 0.05) is 19.2 Å². The second-order valence-electron chi connectivity index (χ2n) is 5.47. The molecular formula is C14H21N3O3. The fourth-order valence-electron chi connectivity index (χ4n) is 2.73. The van der Waals surface area contributed by atoms with Crippen molar-refractivity contribution < 1.29 is 9.72 Å². The maximum atomic E-state index is 12.2. The van der Waals surface area contributed by atoms with Crippen LogP contribution in [0.2, 0.25) is 0 Å². The molecule has 6 heteroatoms. The molecule has 0 saturated heterocycles. The van der Waals surface area contributed by atoms with E-state index < -0.39 is 4.92 Å². The van der Waals surface area contributed by atoms with Crippen molar-refractivity contribution in [1.82, 2.24) is 9.88 Å². The summed E-state index contributed by atoms with van der Waals surface area (Å²) >= 11 is 0. The van der Waals surface area contributed by atoms with Crippen LogP contribution in [-0.2, 0) is 7.05 Å². The minimum absolute atomic E-state index is 0.0460. The average Bonchev–Trinajstić information content (AvgIpc) is 2.75. The van der Waals surface area contributed by atoms with Crippen LogP contribution >= 0.6 is 0 Å². The van der Waals surface area contributed by atoms with Crippen LogP contribution < -0.4 is 5.32 Å². The molecule has 0 radical (unpaired) electrons. The van der Waals surface area contributed by atoms with Crippen molar-refractivity contribution in [3.05, 3.63) is 28.1 Å². The third-order valence-corrected chi connectivity index (χ3v) is 3.87. The Morgan fingerprint density at radius 1 is 1.30 bits per heavy atom. The van der Waals surface area contributed by atoms with Crippen molar-refractivity contribution in [2.24, 2.45) is 7.05 Å². The minimum atomic E-state index is -0.480. The van der Waals surface area contributed by atoms with Crippen molar-refractivity contribution in [2.75, 3.05) is 0 Å². The molecule has 0 aliphatic heterocycles. The summed E-state index contributed by atoms with van der Waals surface area (Å²) in [7, 11) is 1.65. The first-order valence-corrected chi connectivity index (χ1v) is 7.19. The number of amides is 1. The number of carbonyl (C=O) groups is 1. The smallest absolute Gasteiger partial charge is 0.287 e. The van der Waals surface area contributed by atoms with E-state index in [0.29, 0.717) is 5.69 Å². The second kappa shape index (κ2) is 6.54. The number of nitro groups is 1. The Balaban J connectivity index is 2.01. The highest BCUT2D eigenvalue weighted by Gasteiger charge is 2.20. The molecule has 1 N–H and O–H groups in total. The van der Waals surface area contributed by atoms with Crippen LogP contribution in [0.3, 0.4) is 0 Å². The maximum Gasteiger partial charge on any atom is 0.287 e. The molecule has 110 valence electrons. The fourth-order valence-corrected chi connectivity index (χ4v) is 2.73. The molecule has 1 saturated carbocycles. The quantitative estimate of drug-likeness (QED) is 0.682. The normalized spacial score (nSPS) is 17.2. The molecule has 2 rings (SSSR count). The van der Waals surface area contributed by atoms with E-state index in [1.165, 1.54) is 36.1 Å². The lowest BCUT2D eigenvalue weighted by Crippen LogP contribution is -2.36. The van der Waals surface area contributed by atoms with Gasteiger partial charge in [-0.3, -0.25) is 14.9 Å². The average molecular weight is 279 g/mol. The molecule has 1 aliphatic rings. The summed E-state index contributed by atoms with van der Waals surface area (Å²) in [6.45, 7) is 0. The van der Waals surface area contributed by atoms with E-state index in [-0.39, 0.29) is 17.6 Å². The Bertz CT molecular complexity index is 488. The maximum absolute atomic E-state index is 12.2. The summed E-state index contributed by atoms with van der Waals surface area (Å²) in [5.74, 6) is -0.217. The van der Waals surface area contributed by atoms with Crippen LogP contribution in [-0.4, -0.2) is 21.4 Å². The van der Waals surface area contributed by atoms with Gasteiger partial charge < -0.3 is 9.88 Å². The van der Waals surface area contributed by atoms with Crippen molar-refractivity contribution >= 4 is 11.6 Å². The predicted molar refractivity (Wildman–Crippen MR) is 75.6 cm³/mol. The van der Waals surface area contributed by atoms with Gasteiger partial charge in [0.05, 0.1) is 11.1 Å². The molecule has 20 heavy (non-hydrogen) atoms. The summed E-state index contributed by atoms with van der Waals surface area (Å²) in [4.78, 5) is 22.5. The zero-order valence-corrected chi connectivity index (χ0v) is 11.8. The molecule has 0 spiro atoms. The largest absolute Gasteiger partial charge is 0.348 e. The SMILES string of the molecule is Cn1cc([N+](=O)[O-])cc1C(=O)NC1CCCCCCC1. The first-order chi connectivity index (χ1) is 9.58. The molecule has 1 fully saturated rings. The monoisotopic (exact) mass is 279 g/mol. The standard InChI is InChI=1S/C14H21N3O3/c1-16-10-12(17(19)20)9-13(16)14(18)15-11-7-5-3-2-4-6-8-11/h9-11H,2-8H2,1H3,(H,15,18). The van der Waals surface area contributed by atoms with Crippen LogP contribution in [0.1, 0.15) is 55.4 Å². The summed E-state index contributed by atoms with van der Waals surface area (Å²) in [6, 6.07) is 1.52. The van der Waals surface area contributed by atoms with E-state index >= 15 is 0 Å². The molecule has 0 atom stereocenters. The van der Waals surface area contributed by atoms with Crippen LogP contribution in [0.4, 0.5) is 5.69 Å². The van der Waals surface area contributed by atoms with Gasteiger partial charge in [0.25, 0.3) is 11.6 Å². The first-order valence-electron chi connectivity index (χ1n) is 7.19. The zero-order chi connectivity index (χ0) is 14.5. The van der Waals surface area contributed by atoms with Crippen LogP contribution in [0, 0.1) is 10.1 Å². The number of nitrogens with zero attached hydrogens (tertiary/aromatic N) is 2. The molecule has 1 heterocycles. The number of aryl methyl sites for hydroxylation is 1. The highest BCUT2D eigenvalue weighted by atomic mass is 16.6. The molecule has 6 nitrogen and oxygen atoms in total. The van der Waals surface area contributed by atoms with Crippen molar-refractivity contribution in [1.29, 1.82) is 0 Å². The fraction of sp³-hybridized carbons (Fsp3) is 0.643. The van der Waals surface area contributed by atoms with Crippen molar-refractivity contribution in [3.8, 4) is 0 Å². The Labute approximate surface area is 118 Å². The van der Waals surface area contributed by atoms with Gasteiger partial charge in [-0.15, -0.1) is 0 Å². The van der Waals surface area contributed by atoms with Gasteiger partial charge in [-0.2, -0.15) is 0 Å². The van der Waals surface area contributed by atoms with E-state index in [9.17, 15) is 14.9 Å². The molecule has 1 amide bonds. The summed E-state index contributed by atoms with van der Waals surface area (Å²) in [5.41, 5.74) is 0.300. The van der Waals surface area contributed by atoms with E-state index in [2.05, 4.69) is 5.32 Å². The molecule has 1 aliphatic carbocycles. The van der Waals surface area contributed by atoms with Gasteiger partial charge in [0.1, 0.15) is 5.69 Å². The van der Waals surface area contributed by atoms with Crippen LogP contribution in [0.15, 0.2) is 12.3 Å². The second-order valence-corrected chi connectivity index (χ2v) is 5.47. The van der Waals surface area contributed by atoms with E-state index in [1.54, 1.807) is 7.05 Å². The Kier molecular flexibility index (Phi) is 4.76. The minimum Gasteiger partial charge on any atom is -0.348 e. The van der Waals surface area contributed by atoms with Gasteiger partial charge in [-0.25, -0.2) is 0 Å². The third-order valence-electron chi connectivity index (χ3n) is 3.87. The molecule has 1 aromatic heterocycles. The third kappa shape index (κ3) is 3.59. The number of hydrogen-bond acceptors (Lipinski definition) is 3. The number of rotatable bonds is 3. The van der Waals surface area contributed by atoms with Gasteiger partial charge in [-0.05, 0) is 12.8 Å². The van der Waals surface area contributed by atoms with Crippen molar-refractivity contribution in [3.63, 3.8) is 0 Å². The lowest BCUT2D eigenvalue weighted by atomic mass is 9.96. The van der Waals surface area contributed by atoms with E-state index in [1.807, 2.05) is 0 Å². The Morgan fingerprint density at radius 2 is 1.90 bits per heavy atom. The Morgan fingerprint density at radius 3 is 2.45 bits per heavy atom. The highest BCUT2D eigenvalue weighted by molar-refractivity contribution is 5.93. The van der Waals surface area contributed by atoms with Gasteiger partial charge >= 0.3 is 0 Å². The van der Waals surface area contributed by atoms with Gasteiger partial charge in [0.2, 0.25) is 0 Å². The highest BCUT2D eigenvalue weighted by Crippen LogP contribution is 2.19. The molecule has 0 bridgehead atoms. The van der Waals surface area contributed by atoms with Crippen LogP contribution in [0.5, 0.6) is 0 Å². The van der Waals surface area contributed by atoms with Crippen LogP contribution in [0.25, 0.3) is 0 Å². The van der Waals surface area contributed by atoms with Gasteiger partial charge in [-0.1, -0.05) is 32.1 Å². The number of hydrogen-bond donors (Lipinski definition) is 1. The topological polar surface area (TPSA) is 77.2 Å². The summed E-state index contributed by atoms with van der Waals surface area (Å²) < 4.78 is 1.51. The molecule has 1 aromatic rings. The zero-order valence-electron chi connectivity index (χ0n) is 11.8. The van der Waals surface area contributed by atoms with E-state index in [0.717, 1.165) is 25.7 Å². The summed E-state index contributed by atoms with van der Waals surface area (Å²) in [5, 5.41) is 13.7. The van der Waals surface area contributed by atoms with E-state index in [4.69, 9.17) is 0 Å². The Hall–Kier alpha value is -1.85. The lowest BCUT2D eigenvalue weighted by molar-refractivity contribution is -0.384. The molecule has 0 unspecified atom stereocenters. The summed E-state index contributed by atoms with van der Waals surface area (Å²) in [6.07, 6.45) is 9.37. The van der Waals surface area contributed by atoms with Crippen molar-refractivity contribution in [2.45, 2.75) is 51.0 Å².